The van der Waals surface area contributed by atoms with Crippen molar-refractivity contribution in [3.8, 4) is 0 Å². The zero-order chi connectivity index (χ0) is 13.0. The first kappa shape index (κ1) is 14.0. The second-order valence-electron chi connectivity index (χ2n) is 5.14. The first-order valence-electron chi connectivity index (χ1n) is 6.69. The Morgan fingerprint density at radius 1 is 1.44 bits per heavy atom. The van der Waals surface area contributed by atoms with Gasteiger partial charge in [-0.3, -0.25) is 0 Å². The van der Waals surface area contributed by atoms with E-state index in [1.165, 1.54) is 17.5 Å². The molecule has 1 aromatic rings. The molecule has 0 saturated carbocycles. The summed E-state index contributed by atoms with van der Waals surface area (Å²) in [5.74, 6) is 0. The van der Waals surface area contributed by atoms with E-state index in [0.717, 1.165) is 26.1 Å². The third-order valence-electron chi connectivity index (χ3n) is 3.48. The van der Waals surface area contributed by atoms with Crippen LogP contribution in [0.3, 0.4) is 0 Å². The third-order valence-corrected chi connectivity index (χ3v) is 3.94. The van der Waals surface area contributed by atoms with Crippen molar-refractivity contribution in [3.05, 3.63) is 35.4 Å². The van der Waals surface area contributed by atoms with Gasteiger partial charge in [0.15, 0.2) is 0 Å². The van der Waals surface area contributed by atoms with Gasteiger partial charge in [0, 0.05) is 11.4 Å². The predicted molar refractivity (Wildman–Crippen MR) is 79.3 cm³/mol. The molecular weight excluding hydrogens is 290 g/mol. The summed E-state index contributed by atoms with van der Waals surface area (Å²) in [7, 11) is 2.18. The van der Waals surface area contributed by atoms with Gasteiger partial charge in [0.1, 0.15) is 0 Å². The molecular formula is C15H22BrNO. The standard InChI is InChI=1S/C15H22BrNO/c1-12(16)7-9-17(2)11-15-14-6-4-3-5-13(14)8-10-18-15/h3-6,12,15H,7-11H2,1-2H3. The molecule has 2 atom stereocenters. The molecule has 1 aromatic carbocycles. The maximum Gasteiger partial charge on any atom is 0.0954 e. The van der Waals surface area contributed by atoms with Crippen LogP contribution < -0.4 is 0 Å². The van der Waals surface area contributed by atoms with E-state index in [-0.39, 0.29) is 6.10 Å². The van der Waals surface area contributed by atoms with Crippen molar-refractivity contribution in [1.82, 2.24) is 4.90 Å². The van der Waals surface area contributed by atoms with E-state index in [2.05, 4.69) is 59.1 Å². The van der Waals surface area contributed by atoms with Crippen LogP contribution in [0.4, 0.5) is 0 Å². The monoisotopic (exact) mass is 311 g/mol. The molecule has 1 heterocycles. The van der Waals surface area contributed by atoms with Crippen LogP contribution >= 0.6 is 15.9 Å². The fourth-order valence-electron chi connectivity index (χ4n) is 2.40. The Labute approximate surface area is 118 Å². The van der Waals surface area contributed by atoms with Crippen LogP contribution in [0.2, 0.25) is 0 Å². The summed E-state index contributed by atoms with van der Waals surface area (Å²) in [5, 5.41) is 0. The first-order valence-corrected chi connectivity index (χ1v) is 7.60. The smallest absolute Gasteiger partial charge is 0.0954 e. The Balaban J connectivity index is 1.94. The summed E-state index contributed by atoms with van der Waals surface area (Å²) in [6.45, 7) is 5.13. The third kappa shape index (κ3) is 3.81. The van der Waals surface area contributed by atoms with Gasteiger partial charge in [-0.1, -0.05) is 47.1 Å². The van der Waals surface area contributed by atoms with Crippen LogP contribution in [0.1, 0.15) is 30.6 Å². The Hall–Kier alpha value is -0.380. The van der Waals surface area contributed by atoms with Gasteiger partial charge in [-0.25, -0.2) is 0 Å². The van der Waals surface area contributed by atoms with Crippen molar-refractivity contribution in [3.63, 3.8) is 0 Å². The van der Waals surface area contributed by atoms with Gasteiger partial charge in [-0.15, -0.1) is 0 Å². The largest absolute Gasteiger partial charge is 0.372 e. The zero-order valence-electron chi connectivity index (χ0n) is 11.2. The van der Waals surface area contributed by atoms with E-state index in [1.807, 2.05) is 0 Å². The average Bonchev–Trinajstić information content (AvgIpc) is 2.37. The molecule has 0 aliphatic carbocycles. The number of ether oxygens (including phenoxy) is 1. The lowest BCUT2D eigenvalue weighted by Gasteiger charge is -2.29. The highest BCUT2D eigenvalue weighted by molar-refractivity contribution is 9.09. The molecule has 2 nitrogen and oxygen atoms in total. The van der Waals surface area contributed by atoms with Crippen LogP contribution in [-0.2, 0) is 11.2 Å². The molecule has 1 aliphatic rings. The molecule has 0 radical (unpaired) electrons. The molecule has 0 bridgehead atoms. The molecule has 3 heteroatoms. The van der Waals surface area contributed by atoms with Crippen molar-refractivity contribution < 1.29 is 4.74 Å². The molecule has 1 aliphatic heterocycles. The van der Waals surface area contributed by atoms with Gasteiger partial charge >= 0.3 is 0 Å². The van der Waals surface area contributed by atoms with E-state index in [1.54, 1.807) is 0 Å². The van der Waals surface area contributed by atoms with Gasteiger partial charge in [-0.2, -0.15) is 0 Å². The fraction of sp³-hybridized carbons (Fsp3) is 0.600. The summed E-state index contributed by atoms with van der Waals surface area (Å²) in [6, 6.07) is 8.67. The number of halogens is 1. The van der Waals surface area contributed by atoms with E-state index in [0.29, 0.717) is 4.83 Å². The van der Waals surface area contributed by atoms with Crippen molar-refractivity contribution in [2.24, 2.45) is 0 Å². The highest BCUT2D eigenvalue weighted by Crippen LogP contribution is 2.27. The second kappa shape index (κ2) is 6.69. The highest BCUT2D eigenvalue weighted by atomic mass is 79.9. The van der Waals surface area contributed by atoms with E-state index in [4.69, 9.17) is 4.74 Å². The number of nitrogens with zero attached hydrogens (tertiary/aromatic N) is 1. The van der Waals surface area contributed by atoms with Crippen molar-refractivity contribution in [2.45, 2.75) is 30.7 Å². The lowest BCUT2D eigenvalue weighted by molar-refractivity contribution is 0.0210. The van der Waals surface area contributed by atoms with Crippen molar-refractivity contribution >= 4 is 15.9 Å². The Morgan fingerprint density at radius 3 is 3.00 bits per heavy atom. The highest BCUT2D eigenvalue weighted by Gasteiger charge is 2.21. The van der Waals surface area contributed by atoms with Crippen molar-refractivity contribution in [2.75, 3.05) is 26.7 Å². The number of hydrogen-bond acceptors (Lipinski definition) is 2. The summed E-state index contributed by atoms with van der Waals surface area (Å²) in [6.07, 6.45) is 2.46. The molecule has 0 amide bonds. The van der Waals surface area contributed by atoms with E-state index in [9.17, 15) is 0 Å². The topological polar surface area (TPSA) is 12.5 Å². The Kier molecular flexibility index (Phi) is 5.22. The van der Waals surface area contributed by atoms with Gasteiger partial charge in [0.05, 0.1) is 12.7 Å². The fourth-order valence-corrected chi connectivity index (χ4v) is 2.61. The number of likely N-dealkylation sites (N-methyl/N-ethyl adjacent to an activating group) is 1. The first-order chi connectivity index (χ1) is 8.66. The molecule has 18 heavy (non-hydrogen) atoms. The average molecular weight is 312 g/mol. The van der Waals surface area contributed by atoms with Crippen LogP contribution in [-0.4, -0.2) is 36.5 Å². The number of hydrogen-bond donors (Lipinski definition) is 0. The molecule has 0 fully saturated rings. The summed E-state index contributed by atoms with van der Waals surface area (Å²) < 4.78 is 5.93. The van der Waals surface area contributed by atoms with Gasteiger partial charge < -0.3 is 9.64 Å². The van der Waals surface area contributed by atoms with E-state index < -0.39 is 0 Å². The van der Waals surface area contributed by atoms with E-state index >= 15 is 0 Å². The minimum Gasteiger partial charge on any atom is -0.372 e. The van der Waals surface area contributed by atoms with Crippen LogP contribution in [0.25, 0.3) is 0 Å². The van der Waals surface area contributed by atoms with Crippen molar-refractivity contribution in [1.29, 1.82) is 0 Å². The SMILES string of the molecule is CC(Br)CCN(C)CC1OCCc2ccccc21. The van der Waals surface area contributed by atoms with Crippen LogP contribution in [0, 0.1) is 0 Å². The van der Waals surface area contributed by atoms with Crippen LogP contribution in [0.5, 0.6) is 0 Å². The number of alkyl halides is 1. The predicted octanol–water partition coefficient (Wildman–Crippen LogP) is 3.41. The summed E-state index contributed by atoms with van der Waals surface area (Å²) in [5.41, 5.74) is 2.83. The van der Waals surface area contributed by atoms with Gasteiger partial charge in [-0.05, 0) is 37.6 Å². The van der Waals surface area contributed by atoms with Crippen LogP contribution in [0.15, 0.2) is 24.3 Å². The zero-order valence-corrected chi connectivity index (χ0v) is 12.8. The maximum atomic E-state index is 5.93. The minimum atomic E-state index is 0.241. The summed E-state index contributed by atoms with van der Waals surface area (Å²) in [4.78, 5) is 2.95. The summed E-state index contributed by atoms with van der Waals surface area (Å²) >= 11 is 3.60. The number of rotatable bonds is 5. The molecule has 100 valence electrons. The molecule has 0 aromatic heterocycles. The number of benzene rings is 1. The number of fused-ring (bicyclic) bond motifs is 1. The lowest BCUT2D eigenvalue weighted by Crippen LogP contribution is -2.30. The minimum absolute atomic E-state index is 0.241. The van der Waals surface area contributed by atoms with Gasteiger partial charge in [0.25, 0.3) is 0 Å². The molecule has 0 N–H and O–H groups in total. The second-order valence-corrected chi connectivity index (χ2v) is 6.70. The maximum absolute atomic E-state index is 5.93. The Bertz CT molecular complexity index is 381. The normalized spacial score (nSPS) is 20.8. The molecule has 2 unspecified atom stereocenters. The quantitative estimate of drug-likeness (QED) is 0.773. The molecule has 0 spiro atoms. The van der Waals surface area contributed by atoms with Gasteiger partial charge in [0.2, 0.25) is 0 Å². The lowest BCUT2D eigenvalue weighted by atomic mass is 9.97. The Morgan fingerprint density at radius 2 is 2.22 bits per heavy atom. The molecule has 0 saturated heterocycles. The molecule has 2 rings (SSSR count).